The van der Waals surface area contributed by atoms with Gasteiger partial charge in [-0.3, -0.25) is 0 Å². The molecular formula is C15H19N3O. The molecule has 0 unspecified atom stereocenters. The Morgan fingerprint density at radius 3 is 2.47 bits per heavy atom. The third-order valence-corrected chi connectivity index (χ3v) is 2.98. The van der Waals surface area contributed by atoms with Gasteiger partial charge in [0.1, 0.15) is 5.75 Å². The fourth-order valence-corrected chi connectivity index (χ4v) is 1.99. The molecule has 100 valence electrons. The van der Waals surface area contributed by atoms with E-state index in [4.69, 9.17) is 10.5 Å². The second kappa shape index (κ2) is 4.88. The van der Waals surface area contributed by atoms with Crippen molar-refractivity contribution in [1.29, 1.82) is 0 Å². The van der Waals surface area contributed by atoms with Crippen LogP contribution in [0.3, 0.4) is 0 Å². The number of aromatic nitrogens is 2. The topological polar surface area (TPSA) is 61.0 Å². The number of nitrogens with two attached hydrogens (primary N) is 1. The molecule has 1 heterocycles. The summed E-state index contributed by atoms with van der Waals surface area (Å²) in [4.78, 5) is 8.16. The molecule has 0 saturated heterocycles. The van der Waals surface area contributed by atoms with E-state index in [9.17, 15) is 0 Å². The summed E-state index contributed by atoms with van der Waals surface area (Å²) in [6.45, 7) is 6.47. The number of nitrogens with zero attached hydrogens (tertiary/aromatic N) is 2. The van der Waals surface area contributed by atoms with E-state index in [1.165, 1.54) is 0 Å². The number of rotatable bonds is 2. The van der Waals surface area contributed by atoms with Gasteiger partial charge in [-0.05, 0) is 29.7 Å². The number of hydrogen-bond acceptors (Lipinski definition) is 4. The van der Waals surface area contributed by atoms with Crippen molar-refractivity contribution in [2.24, 2.45) is 0 Å². The Bertz CT molecular complexity index is 588. The summed E-state index contributed by atoms with van der Waals surface area (Å²) in [6.07, 6.45) is 1.67. The molecular weight excluding hydrogens is 238 g/mol. The molecule has 0 aliphatic carbocycles. The van der Waals surface area contributed by atoms with Crippen LogP contribution in [0.5, 0.6) is 5.75 Å². The van der Waals surface area contributed by atoms with E-state index >= 15 is 0 Å². The average Bonchev–Trinajstić information content (AvgIpc) is 2.37. The molecule has 19 heavy (non-hydrogen) atoms. The highest BCUT2D eigenvalue weighted by Crippen LogP contribution is 2.34. The summed E-state index contributed by atoms with van der Waals surface area (Å²) in [6, 6.07) is 7.90. The lowest BCUT2D eigenvalue weighted by molar-refractivity contribution is 0.397. The minimum Gasteiger partial charge on any atom is -0.496 e. The maximum atomic E-state index is 5.63. The minimum atomic E-state index is -0.0000711. The molecule has 4 heteroatoms. The zero-order chi connectivity index (χ0) is 14.0. The maximum Gasteiger partial charge on any atom is 0.220 e. The Kier molecular flexibility index (Phi) is 3.42. The van der Waals surface area contributed by atoms with Gasteiger partial charge in [-0.2, -0.15) is 0 Å². The van der Waals surface area contributed by atoms with Crippen LogP contribution in [0, 0.1) is 0 Å². The second-order valence-electron chi connectivity index (χ2n) is 5.47. The van der Waals surface area contributed by atoms with E-state index in [2.05, 4.69) is 36.8 Å². The van der Waals surface area contributed by atoms with E-state index in [0.717, 1.165) is 22.6 Å². The van der Waals surface area contributed by atoms with E-state index in [0.29, 0.717) is 0 Å². The molecule has 0 radical (unpaired) electrons. The van der Waals surface area contributed by atoms with Crippen LogP contribution in [0.1, 0.15) is 26.3 Å². The van der Waals surface area contributed by atoms with Gasteiger partial charge < -0.3 is 10.5 Å². The van der Waals surface area contributed by atoms with Crippen molar-refractivity contribution in [2.75, 3.05) is 12.8 Å². The molecule has 0 spiro atoms. The largest absolute Gasteiger partial charge is 0.496 e. The van der Waals surface area contributed by atoms with Gasteiger partial charge in [0.25, 0.3) is 0 Å². The molecule has 2 aromatic rings. The number of nitrogen functional groups attached to an aromatic ring is 1. The van der Waals surface area contributed by atoms with Crippen LogP contribution in [-0.2, 0) is 5.41 Å². The fraction of sp³-hybridized carbons (Fsp3) is 0.333. The number of benzene rings is 1. The lowest BCUT2D eigenvalue weighted by atomic mass is 9.85. The highest BCUT2D eigenvalue weighted by atomic mass is 16.5. The van der Waals surface area contributed by atoms with Crippen LogP contribution in [0.4, 0.5) is 5.95 Å². The summed E-state index contributed by atoms with van der Waals surface area (Å²) in [7, 11) is 1.69. The van der Waals surface area contributed by atoms with Crippen LogP contribution in [-0.4, -0.2) is 17.1 Å². The number of anilines is 1. The monoisotopic (exact) mass is 257 g/mol. The summed E-state index contributed by atoms with van der Waals surface area (Å²) in [5.74, 6) is 1.17. The third-order valence-electron chi connectivity index (χ3n) is 2.98. The summed E-state index contributed by atoms with van der Waals surface area (Å²) < 4.78 is 5.43. The van der Waals surface area contributed by atoms with Gasteiger partial charge in [0.15, 0.2) is 0 Å². The van der Waals surface area contributed by atoms with Gasteiger partial charge >= 0.3 is 0 Å². The second-order valence-corrected chi connectivity index (χ2v) is 5.47. The number of hydrogen-bond donors (Lipinski definition) is 1. The average molecular weight is 257 g/mol. The van der Waals surface area contributed by atoms with Crippen molar-refractivity contribution in [3.63, 3.8) is 0 Å². The highest BCUT2D eigenvalue weighted by Gasteiger charge is 2.19. The van der Waals surface area contributed by atoms with Gasteiger partial charge in [-0.15, -0.1) is 0 Å². The maximum absolute atomic E-state index is 5.63. The molecule has 2 rings (SSSR count). The first-order valence-electron chi connectivity index (χ1n) is 6.19. The van der Waals surface area contributed by atoms with Crippen LogP contribution in [0.15, 0.2) is 30.5 Å². The van der Waals surface area contributed by atoms with Crippen molar-refractivity contribution in [3.05, 3.63) is 36.0 Å². The van der Waals surface area contributed by atoms with Crippen LogP contribution in [0.2, 0.25) is 0 Å². The predicted molar refractivity (Wildman–Crippen MR) is 77.1 cm³/mol. The fourth-order valence-electron chi connectivity index (χ4n) is 1.99. The predicted octanol–water partition coefficient (Wildman–Crippen LogP) is 3.03. The van der Waals surface area contributed by atoms with Gasteiger partial charge in [0.2, 0.25) is 5.95 Å². The summed E-state index contributed by atoms with van der Waals surface area (Å²) >= 11 is 0. The zero-order valence-electron chi connectivity index (χ0n) is 11.8. The van der Waals surface area contributed by atoms with Gasteiger partial charge in [0, 0.05) is 17.3 Å². The smallest absolute Gasteiger partial charge is 0.220 e. The molecule has 0 bridgehead atoms. The molecule has 0 aliphatic rings. The van der Waals surface area contributed by atoms with Crippen molar-refractivity contribution in [2.45, 2.75) is 26.2 Å². The molecule has 0 fully saturated rings. The van der Waals surface area contributed by atoms with Crippen molar-refractivity contribution in [1.82, 2.24) is 9.97 Å². The Morgan fingerprint density at radius 1 is 1.16 bits per heavy atom. The minimum absolute atomic E-state index is 0.0000711. The van der Waals surface area contributed by atoms with Gasteiger partial charge in [-0.25, -0.2) is 9.97 Å². The SMILES string of the molecule is COc1ccc(-c2ccnc(N)n2)cc1C(C)(C)C. The first-order valence-corrected chi connectivity index (χ1v) is 6.19. The van der Waals surface area contributed by atoms with Gasteiger partial charge in [0.05, 0.1) is 12.8 Å². The first kappa shape index (κ1) is 13.3. The molecule has 0 aliphatic heterocycles. The third kappa shape index (κ3) is 2.84. The lowest BCUT2D eigenvalue weighted by Crippen LogP contribution is -2.13. The Balaban J connectivity index is 2.55. The molecule has 0 amide bonds. The van der Waals surface area contributed by atoms with E-state index < -0.39 is 0 Å². The lowest BCUT2D eigenvalue weighted by Gasteiger charge is -2.22. The van der Waals surface area contributed by atoms with Crippen LogP contribution >= 0.6 is 0 Å². The summed E-state index contributed by atoms with van der Waals surface area (Å²) in [5.41, 5.74) is 8.61. The molecule has 0 saturated carbocycles. The molecule has 1 aromatic carbocycles. The zero-order valence-corrected chi connectivity index (χ0v) is 11.8. The van der Waals surface area contributed by atoms with Crippen LogP contribution in [0.25, 0.3) is 11.3 Å². The number of ether oxygens (including phenoxy) is 1. The molecule has 2 N–H and O–H groups in total. The molecule has 0 atom stereocenters. The molecule has 1 aromatic heterocycles. The quantitative estimate of drug-likeness (QED) is 0.898. The Hall–Kier alpha value is -2.10. The Morgan fingerprint density at radius 2 is 1.89 bits per heavy atom. The number of methoxy groups -OCH3 is 1. The van der Waals surface area contributed by atoms with E-state index in [-0.39, 0.29) is 11.4 Å². The van der Waals surface area contributed by atoms with E-state index in [1.807, 2.05) is 18.2 Å². The van der Waals surface area contributed by atoms with Crippen LogP contribution < -0.4 is 10.5 Å². The normalized spacial score (nSPS) is 11.4. The standard InChI is InChI=1S/C15H19N3O/c1-15(2,3)11-9-10(5-6-13(11)19-4)12-7-8-17-14(16)18-12/h5-9H,1-4H3,(H2,16,17,18). The van der Waals surface area contributed by atoms with E-state index in [1.54, 1.807) is 13.3 Å². The Labute approximate surface area is 113 Å². The van der Waals surface area contributed by atoms with Crippen molar-refractivity contribution in [3.8, 4) is 17.0 Å². The van der Waals surface area contributed by atoms with Gasteiger partial charge in [-0.1, -0.05) is 20.8 Å². The molecule has 4 nitrogen and oxygen atoms in total. The first-order chi connectivity index (χ1) is 8.91. The summed E-state index contributed by atoms with van der Waals surface area (Å²) in [5, 5.41) is 0. The highest BCUT2D eigenvalue weighted by molar-refractivity contribution is 5.63. The van der Waals surface area contributed by atoms with Crippen molar-refractivity contribution >= 4 is 5.95 Å². The van der Waals surface area contributed by atoms with Crippen molar-refractivity contribution < 1.29 is 4.74 Å².